The summed E-state index contributed by atoms with van der Waals surface area (Å²) >= 11 is 0. The van der Waals surface area contributed by atoms with Crippen LogP contribution in [0.3, 0.4) is 0 Å². The Morgan fingerprint density at radius 2 is 1.81 bits per heavy atom. The van der Waals surface area contributed by atoms with E-state index in [2.05, 4.69) is 5.32 Å². The second-order valence-electron chi connectivity index (χ2n) is 6.41. The number of halogens is 1. The second-order valence-corrected chi connectivity index (χ2v) is 8.35. The number of benzene rings is 2. The number of rotatable bonds is 4. The molecule has 0 unspecified atom stereocenters. The SMILES string of the molecule is Cc1cc(NC(=O)c2cccc(S(=O)(=O)N3CCCCC3)c2)ccc1F. The minimum Gasteiger partial charge on any atom is -0.322 e. The number of nitrogens with one attached hydrogen (secondary N) is 1. The van der Waals surface area contributed by atoms with Crippen LogP contribution in [-0.4, -0.2) is 31.7 Å². The lowest BCUT2D eigenvalue weighted by molar-refractivity contribution is 0.102. The number of hydrogen-bond acceptors (Lipinski definition) is 3. The smallest absolute Gasteiger partial charge is 0.255 e. The number of carbonyl (C=O) groups excluding carboxylic acids is 1. The van der Waals surface area contributed by atoms with E-state index in [4.69, 9.17) is 0 Å². The lowest BCUT2D eigenvalue weighted by atomic mass is 10.2. The number of hydrogen-bond donors (Lipinski definition) is 1. The van der Waals surface area contributed by atoms with Crippen LogP contribution in [-0.2, 0) is 10.0 Å². The van der Waals surface area contributed by atoms with Gasteiger partial charge < -0.3 is 5.32 Å². The second kappa shape index (κ2) is 7.55. The van der Waals surface area contributed by atoms with Gasteiger partial charge in [0.2, 0.25) is 10.0 Å². The molecule has 26 heavy (non-hydrogen) atoms. The van der Waals surface area contributed by atoms with Crippen molar-refractivity contribution in [2.24, 2.45) is 0 Å². The molecule has 0 bridgehead atoms. The van der Waals surface area contributed by atoms with Gasteiger partial charge in [0.25, 0.3) is 5.91 Å². The molecule has 0 spiro atoms. The average Bonchev–Trinajstić information content (AvgIpc) is 2.65. The van der Waals surface area contributed by atoms with Gasteiger partial charge in [0.05, 0.1) is 4.90 Å². The standard InChI is InChI=1S/C19H21FN2O3S/c1-14-12-16(8-9-18(14)20)21-19(23)15-6-5-7-17(13-15)26(24,25)22-10-3-2-4-11-22/h5-9,12-13H,2-4,10-11H2,1H3,(H,21,23). The van der Waals surface area contributed by atoms with Gasteiger partial charge in [0.1, 0.15) is 5.82 Å². The van der Waals surface area contributed by atoms with Crippen molar-refractivity contribution in [2.75, 3.05) is 18.4 Å². The number of aryl methyl sites for hydroxylation is 1. The summed E-state index contributed by atoms with van der Waals surface area (Å²) in [5.41, 5.74) is 1.12. The van der Waals surface area contributed by atoms with Crippen molar-refractivity contribution in [3.05, 3.63) is 59.4 Å². The zero-order valence-corrected chi connectivity index (χ0v) is 15.4. The van der Waals surface area contributed by atoms with Gasteiger partial charge in [-0.25, -0.2) is 12.8 Å². The molecule has 1 fully saturated rings. The van der Waals surface area contributed by atoms with Crippen LogP contribution in [0.5, 0.6) is 0 Å². The molecule has 0 saturated carbocycles. The van der Waals surface area contributed by atoms with Crippen molar-refractivity contribution in [1.29, 1.82) is 0 Å². The third kappa shape index (κ3) is 3.94. The Balaban J connectivity index is 1.82. The topological polar surface area (TPSA) is 66.5 Å². The predicted molar refractivity (Wildman–Crippen MR) is 98.1 cm³/mol. The molecule has 2 aromatic carbocycles. The summed E-state index contributed by atoms with van der Waals surface area (Å²) in [6.07, 6.45) is 2.73. The van der Waals surface area contributed by atoms with Crippen molar-refractivity contribution < 1.29 is 17.6 Å². The van der Waals surface area contributed by atoms with Crippen LogP contribution in [0, 0.1) is 12.7 Å². The molecular weight excluding hydrogens is 355 g/mol. The van der Waals surface area contributed by atoms with Crippen molar-refractivity contribution in [3.8, 4) is 0 Å². The van der Waals surface area contributed by atoms with Crippen LogP contribution in [0.4, 0.5) is 10.1 Å². The van der Waals surface area contributed by atoms with E-state index in [9.17, 15) is 17.6 Å². The van der Waals surface area contributed by atoms with E-state index in [-0.39, 0.29) is 16.3 Å². The van der Waals surface area contributed by atoms with Gasteiger partial charge in [-0.05, 0) is 61.7 Å². The van der Waals surface area contributed by atoms with Gasteiger partial charge in [0, 0.05) is 24.3 Å². The highest BCUT2D eigenvalue weighted by Crippen LogP contribution is 2.22. The van der Waals surface area contributed by atoms with Crippen molar-refractivity contribution in [2.45, 2.75) is 31.1 Å². The molecule has 5 nitrogen and oxygen atoms in total. The number of anilines is 1. The van der Waals surface area contributed by atoms with Crippen molar-refractivity contribution in [3.63, 3.8) is 0 Å². The van der Waals surface area contributed by atoms with Crippen LogP contribution in [0.15, 0.2) is 47.4 Å². The normalized spacial score (nSPS) is 15.6. The first-order valence-corrected chi connectivity index (χ1v) is 10.00. The molecule has 1 amide bonds. The monoisotopic (exact) mass is 376 g/mol. The van der Waals surface area contributed by atoms with Crippen LogP contribution >= 0.6 is 0 Å². The summed E-state index contributed by atoms with van der Waals surface area (Å²) < 4.78 is 40.3. The molecule has 1 aliphatic rings. The maximum atomic E-state index is 13.3. The molecule has 3 rings (SSSR count). The fraction of sp³-hybridized carbons (Fsp3) is 0.316. The quantitative estimate of drug-likeness (QED) is 0.887. The van der Waals surface area contributed by atoms with E-state index >= 15 is 0 Å². The van der Waals surface area contributed by atoms with E-state index < -0.39 is 15.9 Å². The molecule has 7 heteroatoms. The lowest BCUT2D eigenvalue weighted by Crippen LogP contribution is -2.35. The number of amides is 1. The minimum absolute atomic E-state index is 0.113. The molecule has 138 valence electrons. The Bertz CT molecular complexity index is 922. The van der Waals surface area contributed by atoms with Crippen LogP contribution in [0.25, 0.3) is 0 Å². The number of piperidine rings is 1. The summed E-state index contributed by atoms with van der Waals surface area (Å²) in [4.78, 5) is 12.6. The maximum absolute atomic E-state index is 13.3. The number of nitrogens with zero attached hydrogens (tertiary/aromatic N) is 1. The highest BCUT2D eigenvalue weighted by Gasteiger charge is 2.26. The molecule has 0 atom stereocenters. The summed E-state index contributed by atoms with van der Waals surface area (Å²) in [6, 6.07) is 10.3. The minimum atomic E-state index is -3.60. The largest absolute Gasteiger partial charge is 0.322 e. The molecule has 0 aliphatic carbocycles. The Morgan fingerprint density at radius 3 is 2.50 bits per heavy atom. The van der Waals surface area contributed by atoms with E-state index in [1.165, 1.54) is 34.6 Å². The molecule has 0 radical (unpaired) electrons. The van der Waals surface area contributed by atoms with Crippen LogP contribution in [0.2, 0.25) is 0 Å². The highest BCUT2D eigenvalue weighted by molar-refractivity contribution is 7.89. The summed E-state index contributed by atoms with van der Waals surface area (Å²) in [5, 5.41) is 2.67. The van der Waals surface area contributed by atoms with Gasteiger partial charge >= 0.3 is 0 Å². The zero-order valence-electron chi connectivity index (χ0n) is 14.5. The first kappa shape index (κ1) is 18.5. The van der Waals surface area contributed by atoms with Crippen LogP contribution < -0.4 is 5.32 Å². The first-order valence-electron chi connectivity index (χ1n) is 8.55. The summed E-state index contributed by atoms with van der Waals surface area (Å²) in [5.74, 6) is -0.788. The Morgan fingerprint density at radius 1 is 1.08 bits per heavy atom. The van der Waals surface area contributed by atoms with E-state index in [1.54, 1.807) is 19.1 Å². The molecule has 1 aliphatic heterocycles. The lowest BCUT2D eigenvalue weighted by Gasteiger charge is -2.26. The predicted octanol–water partition coefficient (Wildman–Crippen LogP) is 3.56. The Kier molecular flexibility index (Phi) is 5.38. The summed E-state index contributed by atoms with van der Waals surface area (Å²) in [7, 11) is -3.60. The first-order chi connectivity index (χ1) is 12.4. The fourth-order valence-corrected chi connectivity index (χ4v) is 4.54. The van der Waals surface area contributed by atoms with Crippen molar-refractivity contribution >= 4 is 21.6 Å². The van der Waals surface area contributed by atoms with Gasteiger partial charge in [-0.1, -0.05) is 12.5 Å². The molecular formula is C19H21FN2O3S. The molecule has 1 N–H and O–H groups in total. The van der Waals surface area contributed by atoms with E-state index in [0.717, 1.165) is 19.3 Å². The van der Waals surface area contributed by atoms with Crippen molar-refractivity contribution in [1.82, 2.24) is 4.31 Å². The molecule has 2 aromatic rings. The zero-order chi connectivity index (χ0) is 18.7. The average molecular weight is 376 g/mol. The van der Waals surface area contributed by atoms with Gasteiger partial charge in [-0.3, -0.25) is 4.79 Å². The Labute approximate surface area is 152 Å². The van der Waals surface area contributed by atoms with Gasteiger partial charge in [-0.2, -0.15) is 4.31 Å². The molecule has 0 aromatic heterocycles. The van der Waals surface area contributed by atoms with Crippen LogP contribution in [0.1, 0.15) is 35.2 Å². The van der Waals surface area contributed by atoms with Gasteiger partial charge in [0.15, 0.2) is 0 Å². The third-order valence-corrected chi connectivity index (χ3v) is 6.36. The number of sulfonamides is 1. The fourth-order valence-electron chi connectivity index (χ4n) is 2.98. The van der Waals surface area contributed by atoms with E-state index in [0.29, 0.717) is 24.3 Å². The third-order valence-electron chi connectivity index (χ3n) is 4.46. The number of carbonyl (C=O) groups is 1. The van der Waals surface area contributed by atoms with E-state index in [1.807, 2.05) is 0 Å². The molecule has 1 saturated heterocycles. The maximum Gasteiger partial charge on any atom is 0.255 e. The molecule has 1 heterocycles. The summed E-state index contributed by atoms with van der Waals surface area (Å²) in [6.45, 7) is 2.62. The van der Waals surface area contributed by atoms with Gasteiger partial charge in [-0.15, -0.1) is 0 Å². The Hall–Kier alpha value is -2.25. The highest BCUT2D eigenvalue weighted by atomic mass is 32.2.